The fourth-order valence-electron chi connectivity index (χ4n) is 4.27. The van der Waals surface area contributed by atoms with Crippen LogP contribution in [-0.4, -0.2) is 27.9 Å². The third-order valence-electron chi connectivity index (χ3n) is 6.43. The lowest BCUT2D eigenvalue weighted by Gasteiger charge is -2.36. The summed E-state index contributed by atoms with van der Waals surface area (Å²) in [6.07, 6.45) is 5.70. The van der Waals surface area contributed by atoms with E-state index in [-0.39, 0.29) is 24.9 Å². The van der Waals surface area contributed by atoms with Crippen LogP contribution in [0.1, 0.15) is 81.4 Å². The molecule has 5 nitrogen and oxygen atoms in total. The average Bonchev–Trinajstić information content (AvgIpc) is 2.70. The molecule has 1 aromatic heterocycles. The summed E-state index contributed by atoms with van der Waals surface area (Å²) in [6, 6.07) is 0. The Morgan fingerprint density at radius 3 is 2.38 bits per heavy atom. The minimum atomic E-state index is -2.58. The Kier molecular flexibility index (Phi) is 4.43. The highest BCUT2D eigenvalue weighted by Gasteiger charge is 2.49. The van der Waals surface area contributed by atoms with Crippen molar-refractivity contribution in [3.05, 3.63) is 11.3 Å². The Morgan fingerprint density at radius 2 is 1.88 bits per heavy atom. The van der Waals surface area contributed by atoms with Crippen molar-refractivity contribution in [3.63, 3.8) is 0 Å². The summed E-state index contributed by atoms with van der Waals surface area (Å²) in [4.78, 5) is 12.4. The number of nitrogens with one attached hydrogen (secondary N) is 1. The Hall–Kier alpha value is -1.66. The van der Waals surface area contributed by atoms with Crippen LogP contribution in [-0.2, 0) is 11.8 Å². The van der Waals surface area contributed by atoms with E-state index in [1.165, 1.54) is 6.42 Å². The molecule has 0 aromatic carbocycles. The van der Waals surface area contributed by atoms with Crippen molar-refractivity contribution in [3.8, 4) is 0 Å². The summed E-state index contributed by atoms with van der Waals surface area (Å²) in [7, 11) is 1.76. The number of rotatable bonds is 5. The van der Waals surface area contributed by atoms with Gasteiger partial charge in [0.15, 0.2) is 0 Å². The smallest absolute Gasteiger partial charge is 0.413 e. The van der Waals surface area contributed by atoms with Gasteiger partial charge in [-0.1, -0.05) is 12.8 Å². The molecule has 144 valence electrons. The minimum absolute atomic E-state index is 0.103. The van der Waals surface area contributed by atoms with Gasteiger partial charge in [-0.2, -0.15) is 5.10 Å². The summed E-state index contributed by atoms with van der Waals surface area (Å²) < 4.78 is 33.9. The topological polar surface area (TPSA) is 56.1 Å². The van der Waals surface area contributed by atoms with Crippen molar-refractivity contribution < 1.29 is 18.3 Å². The molecule has 1 N–H and O–H groups in total. The number of aryl methyl sites for hydroxylation is 1. The second kappa shape index (κ2) is 6.50. The second-order valence-electron chi connectivity index (χ2n) is 8.29. The third kappa shape index (κ3) is 3.21. The van der Waals surface area contributed by atoms with E-state index in [0.29, 0.717) is 17.7 Å². The van der Waals surface area contributed by atoms with Crippen molar-refractivity contribution in [2.75, 3.05) is 5.32 Å². The Bertz CT molecular complexity index is 687. The van der Waals surface area contributed by atoms with E-state index in [1.807, 2.05) is 6.92 Å². The molecule has 3 saturated carbocycles. The van der Waals surface area contributed by atoms with E-state index in [0.717, 1.165) is 43.4 Å². The second-order valence-corrected chi connectivity index (χ2v) is 8.29. The molecule has 3 aliphatic rings. The number of anilines is 1. The molecule has 1 atom stereocenters. The van der Waals surface area contributed by atoms with Gasteiger partial charge in [0.25, 0.3) is 0 Å². The summed E-state index contributed by atoms with van der Waals surface area (Å²) in [6.45, 7) is 1.93. The van der Waals surface area contributed by atoms with E-state index >= 15 is 0 Å². The van der Waals surface area contributed by atoms with Crippen LogP contribution in [0.4, 0.5) is 19.4 Å². The molecule has 1 aromatic rings. The Labute approximate surface area is 152 Å². The standard InChI is InChI=1S/C19H27F2N3O2/c1-11(12-5-3-6-12)26-18(25)22-17-15(13-7-4-8-13)16(23-24(17)2)14-9-19(20,21)10-14/h11-14H,3-10H2,1-2H3,(H,22,25)/t11-/m1/s1. The monoisotopic (exact) mass is 367 g/mol. The lowest BCUT2D eigenvalue weighted by Crippen LogP contribution is -2.34. The van der Waals surface area contributed by atoms with E-state index in [9.17, 15) is 13.6 Å². The van der Waals surface area contributed by atoms with Crippen molar-refractivity contribution in [1.29, 1.82) is 0 Å². The van der Waals surface area contributed by atoms with Gasteiger partial charge in [0, 0.05) is 31.4 Å². The molecule has 0 spiro atoms. The molecule has 3 aliphatic carbocycles. The number of amides is 1. The third-order valence-corrected chi connectivity index (χ3v) is 6.43. The van der Waals surface area contributed by atoms with Crippen LogP contribution in [0.3, 0.4) is 0 Å². The molecule has 26 heavy (non-hydrogen) atoms. The van der Waals surface area contributed by atoms with Crippen molar-refractivity contribution in [2.24, 2.45) is 13.0 Å². The molecule has 1 heterocycles. The Balaban J connectivity index is 1.51. The number of nitrogens with zero attached hydrogens (tertiary/aromatic N) is 2. The summed E-state index contributed by atoms with van der Waals surface area (Å²) in [5, 5.41) is 7.37. The van der Waals surface area contributed by atoms with Gasteiger partial charge >= 0.3 is 6.09 Å². The number of alkyl halides is 2. The van der Waals surface area contributed by atoms with Crippen LogP contribution in [0.2, 0.25) is 0 Å². The van der Waals surface area contributed by atoms with Crippen molar-refractivity contribution in [1.82, 2.24) is 9.78 Å². The van der Waals surface area contributed by atoms with E-state index in [1.54, 1.807) is 11.7 Å². The fraction of sp³-hybridized carbons (Fsp3) is 0.789. The first-order valence-corrected chi connectivity index (χ1v) is 9.76. The van der Waals surface area contributed by atoms with Crippen LogP contribution in [0.15, 0.2) is 0 Å². The zero-order valence-corrected chi connectivity index (χ0v) is 15.4. The van der Waals surface area contributed by atoms with E-state index in [4.69, 9.17) is 4.74 Å². The van der Waals surface area contributed by atoms with Gasteiger partial charge in [-0.15, -0.1) is 0 Å². The van der Waals surface area contributed by atoms with Crippen LogP contribution < -0.4 is 5.32 Å². The summed E-state index contributed by atoms with van der Waals surface area (Å²) in [5.74, 6) is -1.43. The molecule has 0 saturated heterocycles. The molecular weight excluding hydrogens is 340 g/mol. The van der Waals surface area contributed by atoms with E-state index in [2.05, 4.69) is 10.4 Å². The normalized spacial score (nSPS) is 24.3. The van der Waals surface area contributed by atoms with Crippen LogP contribution in [0, 0.1) is 5.92 Å². The van der Waals surface area contributed by atoms with Crippen molar-refractivity contribution in [2.45, 2.75) is 82.2 Å². The van der Waals surface area contributed by atoms with Crippen molar-refractivity contribution >= 4 is 11.9 Å². The van der Waals surface area contributed by atoms with Gasteiger partial charge in [0.05, 0.1) is 5.69 Å². The lowest BCUT2D eigenvalue weighted by molar-refractivity contribution is -0.0879. The number of hydrogen-bond donors (Lipinski definition) is 1. The zero-order valence-electron chi connectivity index (χ0n) is 15.4. The number of carbonyl (C=O) groups excluding carboxylic acids is 1. The molecule has 3 fully saturated rings. The maximum absolute atomic E-state index is 13.4. The first-order chi connectivity index (χ1) is 12.3. The molecule has 4 rings (SSSR count). The average molecular weight is 367 g/mol. The zero-order chi connectivity index (χ0) is 18.5. The number of halogens is 2. The first-order valence-electron chi connectivity index (χ1n) is 9.76. The predicted octanol–water partition coefficient (Wildman–Crippen LogP) is 4.94. The molecule has 1 amide bonds. The molecule has 0 unspecified atom stereocenters. The highest BCUT2D eigenvalue weighted by Crippen LogP contribution is 2.52. The molecular formula is C19H27F2N3O2. The molecule has 0 bridgehead atoms. The maximum atomic E-state index is 13.4. The lowest BCUT2D eigenvalue weighted by atomic mass is 9.73. The number of carbonyl (C=O) groups is 1. The summed E-state index contributed by atoms with van der Waals surface area (Å²) in [5.41, 5.74) is 1.69. The minimum Gasteiger partial charge on any atom is -0.446 e. The quantitative estimate of drug-likeness (QED) is 0.802. The van der Waals surface area contributed by atoms with Gasteiger partial charge in [-0.25, -0.2) is 13.6 Å². The van der Waals surface area contributed by atoms with Gasteiger partial charge in [-0.05, 0) is 44.4 Å². The van der Waals surface area contributed by atoms with Crippen LogP contribution >= 0.6 is 0 Å². The molecule has 0 radical (unpaired) electrons. The summed E-state index contributed by atoms with van der Waals surface area (Å²) >= 11 is 0. The van der Waals surface area contributed by atoms with Crippen LogP contribution in [0.5, 0.6) is 0 Å². The SMILES string of the molecule is C[C@@H](OC(=O)Nc1c(C2CCC2)c(C2CC(F)(F)C2)nn1C)C1CCC1. The number of hydrogen-bond acceptors (Lipinski definition) is 3. The van der Waals surface area contributed by atoms with Gasteiger partial charge in [0.1, 0.15) is 11.9 Å². The largest absolute Gasteiger partial charge is 0.446 e. The fourth-order valence-corrected chi connectivity index (χ4v) is 4.27. The molecule has 7 heteroatoms. The number of ether oxygens (including phenoxy) is 1. The van der Waals surface area contributed by atoms with Gasteiger partial charge in [0.2, 0.25) is 5.92 Å². The van der Waals surface area contributed by atoms with Gasteiger partial charge in [-0.3, -0.25) is 10.00 Å². The first kappa shape index (κ1) is 17.7. The maximum Gasteiger partial charge on any atom is 0.413 e. The van der Waals surface area contributed by atoms with Crippen LogP contribution in [0.25, 0.3) is 0 Å². The van der Waals surface area contributed by atoms with Gasteiger partial charge < -0.3 is 4.74 Å². The highest BCUT2D eigenvalue weighted by atomic mass is 19.3. The molecule has 0 aliphatic heterocycles. The number of aromatic nitrogens is 2. The highest BCUT2D eigenvalue weighted by molar-refractivity contribution is 5.85. The predicted molar refractivity (Wildman–Crippen MR) is 93.6 cm³/mol. The van der Waals surface area contributed by atoms with E-state index < -0.39 is 12.0 Å². The Morgan fingerprint density at radius 1 is 1.23 bits per heavy atom.